The van der Waals surface area contributed by atoms with Gasteiger partial charge in [0.15, 0.2) is 0 Å². The largest absolute Gasteiger partial charge is 0.478 e. The Balaban J connectivity index is 1.83. The first-order chi connectivity index (χ1) is 17.6. The number of sulfonamides is 1. The van der Waals surface area contributed by atoms with E-state index < -0.39 is 33.0 Å². The highest BCUT2D eigenvalue weighted by Crippen LogP contribution is 2.35. The number of rotatable bonds is 9. The minimum atomic E-state index is -3.80. The van der Waals surface area contributed by atoms with Crippen LogP contribution in [0.15, 0.2) is 64.7 Å². The fraction of sp³-hybridized carbons (Fsp3) is 0.385. The summed E-state index contributed by atoms with van der Waals surface area (Å²) < 4.78 is 27.4. The number of carboxylic acids is 1. The van der Waals surface area contributed by atoms with Gasteiger partial charge in [0.1, 0.15) is 0 Å². The summed E-state index contributed by atoms with van der Waals surface area (Å²) in [6.45, 7) is 7.62. The molecule has 0 saturated carbocycles. The molecule has 204 valence electrons. The number of nitro groups is 1. The second kappa shape index (κ2) is 10.9. The molecule has 2 aromatic rings. The minimum absolute atomic E-state index is 0.00603. The van der Waals surface area contributed by atoms with Crippen LogP contribution < -0.4 is 5.32 Å². The molecule has 3 rings (SSSR count). The van der Waals surface area contributed by atoms with Gasteiger partial charge in [-0.05, 0) is 42.0 Å². The first-order valence-corrected chi connectivity index (χ1v) is 13.4. The third kappa shape index (κ3) is 6.03. The van der Waals surface area contributed by atoms with Crippen molar-refractivity contribution < 1.29 is 28.0 Å². The normalized spacial score (nSPS) is 16.5. The van der Waals surface area contributed by atoms with Crippen molar-refractivity contribution in [1.29, 1.82) is 0 Å². The van der Waals surface area contributed by atoms with Crippen molar-refractivity contribution in [2.75, 3.05) is 20.1 Å². The zero-order valence-electron chi connectivity index (χ0n) is 22.0. The van der Waals surface area contributed by atoms with Gasteiger partial charge in [0.2, 0.25) is 10.0 Å². The molecule has 0 saturated heterocycles. The van der Waals surface area contributed by atoms with E-state index in [2.05, 4.69) is 5.32 Å². The fourth-order valence-corrected chi connectivity index (χ4v) is 5.54. The van der Waals surface area contributed by atoms with Gasteiger partial charge >= 0.3 is 12.0 Å². The minimum Gasteiger partial charge on any atom is -0.478 e. The average Bonchev–Trinajstić information content (AvgIpc) is 2.84. The lowest BCUT2D eigenvalue weighted by molar-refractivity contribution is -0.384. The number of non-ortho nitro benzene ring substituents is 1. The van der Waals surface area contributed by atoms with Gasteiger partial charge in [-0.15, -0.1) is 0 Å². The maximum Gasteiger partial charge on any atom is 0.335 e. The number of hydrogen-bond acceptors (Lipinski definition) is 6. The Kier molecular flexibility index (Phi) is 8.27. The second-order valence-corrected chi connectivity index (χ2v) is 12.2. The zero-order chi connectivity index (χ0) is 28.4. The van der Waals surface area contributed by atoms with E-state index in [1.165, 1.54) is 47.4 Å². The number of amides is 2. The lowest BCUT2D eigenvalue weighted by Gasteiger charge is -2.37. The van der Waals surface area contributed by atoms with Gasteiger partial charge in [-0.1, -0.05) is 45.0 Å². The predicted octanol–water partition coefficient (Wildman–Crippen LogP) is 4.03. The number of urea groups is 1. The molecular formula is C26H32N4O7S. The van der Waals surface area contributed by atoms with Crippen molar-refractivity contribution in [2.45, 2.75) is 50.5 Å². The monoisotopic (exact) mass is 544 g/mol. The van der Waals surface area contributed by atoms with Crippen LogP contribution in [-0.4, -0.2) is 59.8 Å². The van der Waals surface area contributed by atoms with Crippen molar-refractivity contribution in [3.8, 4) is 0 Å². The molecule has 0 fully saturated rings. The van der Waals surface area contributed by atoms with Gasteiger partial charge in [0, 0.05) is 38.0 Å². The summed E-state index contributed by atoms with van der Waals surface area (Å²) in [4.78, 5) is 37.1. The Morgan fingerprint density at radius 3 is 2.37 bits per heavy atom. The maximum absolute atomic E-state index is 13.1. The molecule has 0 aliphatic carbocycles. The molecule has 12 heteroatoms. The zero-order valence-corrected chi connectivity index (χ0v) is 22.8. The molecule has 38 heavy (non-hydrogen) atoms. The summed E-state index contributed by atoms with van der Waals surface area (Å²) in [6.07, 6.45) is 0.195. The molecule has 0 aromatic heterocycles. The van der Waals surface area contributed by atoms with Crippen molar-refractivity contribution in [3.63, 3.8) is 0 Å². The summed E-state index contributed by atoms with van der Waals surface area (Å²) >= 11 is 0. The maximum atomic E-state index is 13.1. The van der Waals surface area contributed by atoms with Crippen LogP contribution in [0.5, 0.6) is 0 Å². The summed E-state index contributed by atoms with van der Waals surface area (Å²) in [6, 6.07) is 10.5. The van der Waals surface area contributed by atoms with E-state index in [0.29, 0.717) is 0 Å². The molecule has 0 radical (unpaired) electrons. The number of hydrogen-bond donors (Lipinski definition) is 2. The van der Waals surface area contributed by atoms with E-state index in [1.54, 1.807) is 24.3 Å². The number of nitrogens with zero attached hydrogens (tertiary/aromatic N) is 3. The van der Waals surface area contributed by atoms with E-state index >= 15 is 0 Å². The van der Waals surface area contributed by atoms with Crippen molar-refractivity contribution in [1.82, 2.24) is 14.5 Å². The van der Waals surface area contributed by atoms with Crippen LogP contribution in [0.4, 0.5) is 10.5 Å². The Labute approximate surface area is 222 Å². The molecule has 11 nitrogen and oxygen atoms in total. The van der Waals surface area contributed by atoms with Crippen LogP contribution in [0.3, 0.4) is 0 Å². The van der Waals surface area contributed by atoms with Gasteiger partial charge in [-0.3, -0.25) is 10.1 Å². The predicted molar refractivity (Wildman–Crippen MR) is 141 cm³/mol. The van der Waals surface area contributed by atoms with Crippen LogP contribution >= 0.6 is 0 Å². The fourth-order valence-electron chi connectivity index (χ4n) is 4.33. The molecular weight excluding hydrogens is 512 g/mol. The Morgan fingerprint density at radius 2 is 1.82 bits per heavy atom. The Morgan fingerprint density at radius 1 is 1.18 bits per heavy atom. The highest BCUT2D eigenvalue weighted by molar-refractivity contribution is 7.89. The molecule has 2 amide bonds. The molecule has 1 aliphatic rings. The van der Waals surface area contributed by atoms with E-state index in [4.69, 9.17) is 0 Å². The third-order valence-electron chi connectivity index (χ3n) is 6.47. The quantitative estimate of drug-likeness (QED) is 0.357. The van der Waals surface area contributed by atoms with E-state index in [-0.39, 0.29) is 52.3 Å². The molecule has 1 unspecified atom stereocenters. The highest BCUT2D eigenvalue weighted by Gasteiger charge is 2.38. The molecule has 1 aliphatic heterocycles. The standard InChI is InChI=1S/C26H32N4O7S/c1-17-22(24(31)32)23(18-8-6-9-20(16-18)30(34)35)29(25(33)27-17)15-7-14-28(5)38(36,37)21-12-10-19(11-13-21)26(2,3)4/h6,8-13,16,23H,7,14-15H2,1-5H3,(H,27,33)(H,31,32). The molecule has 0 spiro atoms. The molecule has 0 bridgehead atoms. The van der Waals surface area contributed by atoms with Gasteiger partial charge in [0.05, 0.1) is 21.4 Å². The number of carboxylic acid groups (broad SMARTS) is 1. The molecule has 1 atom stereocenters. The SMILES string of the molecule is CC1=C(C(=O)O)C(c2cccc([N+](=O)[O-])c2)N(CCCN(C)S(=O)(=O)c2ccc(C(C)(C)C)cc2)C(=O)N1. The van der Waals surface area contributed by atoms with Crippen LogP contribution in [0.25, 0.3) is 0 Å². The number of nitrogens with one attached hydrogen (secondary N) is 1. The summed E-state index contributed by atoms with van der Waals surface area (Å²) in [7, 11) is -2.36. The number of carbonyl (C=O) groups excluding carboxylic acids is 1. The number of nitro benzene ring substituents is 1. The van der Waals surface area contributed by atoms with E-state index in [1.807, 2.05) is 20.8 Å². The van der Waals surface area contributed by atoms with Crippen molar-refractivity contribution in [3.05, 3.63) is 81.0 Å². The summed E-state index contributed by atoms with van der Waals surface area (Å²) in [5, 5.41) is 23.7. The smallest absolute Gasteiger partial charge is 0.335 e. The van der Waals surface area contributed by atoms with E-state index in [0.717, 1.165) is 5.56 Å². The number of benzene rings is 2. The summed E-state index contributed by atoms with van der Waals surface area (Å²) in [5.41, 5.74) is 0.920. The van der Waals surface area contributed by atoms with E-state index in [9.17, 15) is 33.2 Å². The highest BCUT2D eigenvalue weighted by atomic mass is 32.2. The molecule has 2 N–H and O–H groups in total. The van der Waals surface area contributed by atoms with Gasteiger partial charge in [0.25, 0.3) is 5.69 Å². The van der Waals surface area contributed by atoms with Crippen LogP contribution in [0, 0.1) is 10.1 Å². The van der Waals surface area contributed by atoms with Gasteiger partial charge in [-0.25, -0.2) is 22.3 Å². The van der Waals surface area contributed by atoms with Crippen molar-refractivity contribution in [2.24, 2.45) is 0 Å². The Hall–Kier alpha value is -3.77. The number of aliphatic carboxylic acids is 1. The topological polar surface area (TPSA) is 150 Å². The molecule has 2 aromatic carbocycles. The number of allylic oxidation sites excluding steroid dienone is 1. The van der Waals surface area contributed by atoms with Gasteiger partial charge < -0.3 is 15.3 Å². The first kappa shape index (κ1) is 28.8. The number of carbonyl (C=O) groups is 2. The Bertz CT molecular complexity index is 1380. The summed E-state index contributed by atoms with van der Waals surface area (Å²) in [5.74, 6) is -1.28. The molecule has 1 heterocycles. The van der Waals surface area contributed by atoms with Crippen LogP contribution in [-0.2, 0) is 20.2 Å². The van der Waals surface area contributed by atoms with Crippen LogP contribution in [0.1, 0.15) is 51.3 Å². The van der Waals surface area contributed by atoms with Gasteiger partial charge in [-0.2, -0.15) is 0 Å². The lowest BCUT2D eigenvalue weighted by atomic mass is 9.87. The third-order valence-corrected chi connectivity index (χ3v) is 8.34. The second-order valence-electron chi connectivity index (χ2n) is 10.2. The first-order valence-electron chi connectivity index (χ1n) is 12.0. The van der Waals surface area contributed by atoms with Crippen molar-refractivity contribution >= 4 is 27.7 Å². The van der Waals surface area contributed by atoms with Crippen LogP contribution in [0.2, 0.25) is 0 Å². The lowest BCUT2D eigenvalue weighted by Crippen LogP contribution is -2.49. The average molecular weight is 545 g/mol.